The van der Waals surface area contributed by atoms with Crippen molar-refractivity contribution in [2.45, 2.75) is 25.7 Å². The first kappa shape index (κ1) is 12.4. The van der Waals surface area contributed by atoms with Crippen LogP contribution in [0.15, 0.2) is 0 Å². The third-order valence-corrected chi connectivity index (χ3v) is 2.38. The van der Waals surface area contributed by atoms with E-state index in [0.29, 0.717) is 25.8 Å². The molecule has 4 amide bonds. The smallest absolute Gasteiger partial charge is 0.324 e. The monoisotopic (exact) mass is 228 g/mol. The number of amides is 4. The molecule has 4 N–H and O–H groups in total. The number of nitrogens with zero attached hydrogens (tertiary/aromatic N) is 1. The molecule has 7 heteroatoms. The summed E-state index contributed by atoms with van der Waals surface area (Å²) in [6, 6.07) is -0.329. The van der Waals surface area contributed by atoms with Gasteiger partial charge < -0.3 is 5.32 Å². The van der Waals surface area contributed by atoms with Crippen LogP contribution in [0.5, 0.6) is 0 Å². The van der Waals surface area contributed by atoms with Crippen molar-refractivity contribution in [3.05, 3.63) is 0 Å². The van der Waals surface area contributed by atoms with Crippen LogP contribution in [0.3, 0.4) is 0 Å². The molecule has 90 valence electrons. The van der Waals surface area contributed by atoms with E-state index in [0.717, 1.165) is 6.42 Å². The lowest BCUT2D eigenvalue weighted by Gasteiger charge is -2.11. The normalized spacial score (nSPS) is 15.2. The van der Waals surface area contributed by atoms with Gasteiger partial charge in [-0.3, -0.25) is 19.9 Å². The topological polar surface area (TPSA) is 105 Å². The molecule has 0 unspecified atom stereocenters. The Morgan fingerprint density at radius 2 is 2.12 bits per heavy atom. The van der Waals surface area contributed by atoms with E-state index in [-0.39, 0.29) is 24.4 Å². The van der Waals surface area contributed by atoms with Crippen LogP contribution < -0.4 is 16.6 Å². The van der Waals surface area contributed by atoms with E-state index in [1.165, 1.54) is 4.90 Å². The highest BCUT2D eigenvalue weighted by molar-refractivity contribution is 6.01. The van der Waals surface area contributed by atoms with Crippen molar-refractivity contribution in [2.24, 2.45) is 5.84 Å². The highest BCUT2D eigenvalue weighted by atomic mass is 16.2. The van der Waals surface area contributed by atoms with Gasteiger partial charge in [0, 0.05) is 13.0 Å². The molecule has 16 heavy (non-hydrogen) atoms. The van der Waals surface area contributed by atoms with Gasteiger partial charge in [-0.25, -0.2) is 10.6 Å². The van der Waals surface area contributed by atoms with Crippen molar-refractivity contribution in [2.75, 3.05) is 13.1 Å². The maximum Gasteiger partial charge on any atom is 0.324 e. The van der Waals surface area contributed by atoms with Crippen LogP contribution in [0.1, 0.15) is 25.7 Å². The van der Waals surface area contributed by atoms with Crippen molar-refractivity contribution < 1.29 is 14.4 Å². The quantitative estimate of drug-likeness (QED) is 0.180. The highest BCUT2D eigenvalue weighted by Crippen LogP contribution is 2.05. The number of carbonyl (C=O) groups excluding carboxylic acids is 3. The highest BCUT2D eigenvalue weighted by Gasteiger charge is 2.27. The lowest BCUT2D eigenvalue weighted by molar-refractivity contribution is -0.125. The molecule has 7 nitrogen and oxygen atoms in total. The van der Waals surface area contributed by atoms with Gasteiger partial charge in [0.2, 0.25) is 11.8 Å². The molecule has 1 saturated heterocycles. The van der Waals surface area contributed by atoms with Crippen molar-refractivity contribution in [1.29, 1.82) is 0 Å². The van der Waals surface area contributed by atoms with Crippen molar-refractivity contribution in [3.63, 3.8) is 0 Å². The molecular formula is C9H16N4O3. The van der Waals surface area contributed by atoms with E-state index in [4.69, 9.17) is 5.84 Å². The zero-order valence-electron chi connectivity index (χ0n) is 8.99. The molecule has 0 aliphatic carbocycles. The molecule has 0 aromatic rings. The maximum absolute atomic E-state index is 11.2. The number of imide groups is 1. The number of nitrogens with one attached hydrogen (secondary N) is 2. The third-order valence-electron chi connectivity index (χ3n) is 2.38. The fourth-order valence-corrected chi connectivity index (χ4v) is 1.49. The molecule has 0 saturated carbocycles. The number of nitrogens with two attached hydrogens (primary N) is 1. The van der Waals surface area contributed by atoms with E-state index >= 15 is 0 Å². The average Bonchev–Trinajstić information content (AvgIpc) is 2.59. The predicted molar refractivity (Wildman–Crippen MR) is 55.9 cm³/mol. The van der Waals surface area contributed by atoms with Crippen LogP contribution in [-0.4, -0.2) is 35.8 Å². The van der Waals surface area contributed by atoms with Crippen molar-refractivity contribution >= 4 is 17.8 Å². The number of unbranched alkanes of at least 4 members (excludes halogenated alkanes) is 2. The second kappa shape index (κ2) is 6.06. The van der Waals surface area contributed by atoms with Crippen LogP contribution >= 0.6 is 0 Å². The van der Waals surface area contributed by atoms with Gasteiger partial charge in [-0.1, -0.05) is 6.42 Å². The summed E-state index contributed by atoms with van der Waals surface area (Å²) < 4.78 is 0. The number of hydrogen-bond acceptors (Lipinski definition) is 4. The second-order valence-electron chi connectivity index (χ2n) is 3.58. The van der Waals surface area contributed by atoms with Gasteiger partial charge in [-0.15, -0.1) is 0 Å². The fourth-order valence-electron chi connectivity index (χ4n) is 1.49. The van der Waals surface area contributed by atoms with E-state index < -0.39 is 0 Å². The molecule has 0 radical (unpaired) electrons. The Labute approximate surface area is 93.3 Å². The summed E-state index contributed by atoms with van der Waals surface area (Å²) >= 11 is 0. The molecule has 0 aromatic carbocycles. The van der Waals surface area contributed by atoms with E-state index in [9.17, 15) is 14.4 Å². The van der Waals surface area contributed by atoms with Crippen LogP contribution in [-0.2, 0) is 9.59 Å². The van der Waals surface area contributed by atoms with Gasteiger partial charge in [0.05, 0.1) is 6.54 Å². The molecule has 0 bridgehead atoms. The van der Waals surface area contributed by atoms with E-state index in [1.54, 1.807) is 0 Å². The number of carbonyl (C=O) groups is 3. The van der Waals surface area contributed by atoms with Crippen LogP contribution in [0.2, 0.25) is 0 Å². The first-order chi connectivity index (χ1) is 7.65. The molecule has 1 aliphatic rings. The lowest BCUT2D eigenvalue weighted by atomic mass is 10.2. The molecular weight excluding hydrogens is 212 g/mol. The van der Waals surface area contributed by atoms with Gasteiger partial charge in [-0.2, -0.15) is 0 Å². The summed E-state index contributed by atoms with van der Waals surface area (Å²) in [6.07, 6.45) is 2.56. The zero-order chi connectivity index (χ0) is 12.0. The summed E-state index contributed by atoms with van der Waals surface area (Å²) in [7, 11) is 0. The molecule has 1 rings (SSSR count). The van der Waals surface area contributed by atoms with Gasteiger partial charge in [0.15, 0.2) is 0 Å². The Morgan fingerprint density at radius 1 is 1.38 bits per heavy atom. The Bertz CT molecular complexity index is 276. The second-order valence-corrected chi connectivity index (χ2v) is 3.58. The van der Waals surface area contributed by atoms with Crippen LogP contribution in [0.25, 0.3) is 0 Å². The van der Waals surface area contributed by atoms with Crippen LogP contribution in [0, 0.1) is 0 Å². The Hall–Kier alpha value is -1.63. The zero-order valence-corrected chi connectivity index (χ0v) is 8.99. The summed E-state index contributed by atoms with van der Waals surface area (Å²) in [6.45, 7) is 0.503. The van der Waals surface area contributed by atoms with Crippen molar-refractivity contribution in [3.8, 4) is 0 Å². The number of hydrogen-bond donors (Lipinski definition) is 3. The fraction of sp³-hybridized carbons (Fsp3) is 0.667. The first-order valence-electron chi connectivity index (χ1n) is 5.23. The molecule has 1 aliphatic heterocycles. The largest absolute Gasteiger partial charge is 0.329 e. The predicted octanol–water partition coefficient (Wildman–Crippen LogP) is -0.912. The molecule has 0 atom stereocenters. The average molecular weight is 228 g/mol. The number of rotatable bonds is 6. The Morgan fingerprint density at radius 3 is 2.69 bits per heavy atom. The molecule has 1 fully saturated rings. The Balaban J connectivity index is 2.09. The van der Waals surface area contributed by atoms with Gasteiger partial charge in [0.1, 0.15) is 0 Å². The van der Waals surface area contributed by atoms with Gasteiger partial charge in [0.25, 0.3) is 0 Å². The van der Waals surface area contributed by atoms with E-state index in [1.807, 2.05) is 5.43 Å². The van der Waals surface area contributed by atoms with Gasteiger partial charge in [-0.05, 0) is 12.8 Å². The molecule has 0 spiro atoms. The summed E-state index contributed by atoms with van der Waals surface area (Å²) in [4.78, 5) is 34.2. The minimum Gasteiger partial charge on any atom is -0.329 e. The van der Waals surface area contributed by atoms with E-state index in [2.05, 4.69) is 5.32 Å². The SMILES string of the molecule is NNC(=O)CCCCCN1C(=O)CNC1=O. The van der Waals surface area contributed by atoms with Gasteiger partial charge >= 0.3 is 6.03 Å². The summed E-state index contributed by atoms with van der Waals surface area (Å²) in [5.41, 5.74) is 2.04. The standard InChI is InChI=1S/C9H16N4O3/c10-12-7(14)4-2-1-3-5-13-8(15)6-11-9(13)16/h1-6,10H2,(H,11,16)(H,12,14). The molecule has 0 aromatic heterocycles. The Kier molecular flexibility index (Phi) is 4.71. The third kappa shape index (κ3) is 3.50. The first-order valence-corrected chi connectivity index (χ1v) is 5.23. The maximum atomic E-state index is 11.2. The summed E-state index contributed by atoms with van der Waals surface area (Å²) in [5, 5.41) is 2.44. The lowest BCUT2D eigenvalue weighted by Crippen LogP contribution is -2.32. The molecule has 1 heterocycles. The van der Waals surface area contributed by atoms with Crippen molar-refractivity contribution in [1.82, 2.24) is 15.6 Å². The minimum absolute atomic E-state index is 0.0917. The number of urea groups is 1. The summed E-state index contributed by atoms with van der Waals surface area (Å²) in [5.74, 6) is 4.53. The number of hydrazine groups is 1. The van der Waals surface area contributed by atoms with Crippen LogP contribution in [0.4, 0.5) is 4.79 Å². The minimum atomic E-state index is -0.329.